The van der Waals surface area contributed by atoms with Gasteiger partial charge in [-0.2, -0.15) is 0 Å². The molecular weight excluding hydrogens is 224 g/mol. The molecule has 0 radical (unpaired) electrons. The van der Waals surface area contributed by atoms with Gasteiger partial charge < -0.3 is 4.52 Å². The topological polar surface area (TPSA) is 29.3 Å². The van der Waals surface area contributed by atoms with Gasteiger partial charge in [0.1, 0.15) is 0 Å². The summed E-state index contributed by atoms with van der Waals surface area (Å²) in [5.74, 6) is 0.994. The van der Waals surface area contributed by atoms with Crippen LogP contribution in [0, 0.1) is 6.92 Å². The van der Waals surface area contributed by atoms with Crippen LogP contribution >= 0.6 is 0 Å². The summed E-state index contributed by atoms with van der Waals surface area (Å²) in [6.45, 7) is 1.97. The lowest BCUT2D eigenvalue weighted by Gasteiger charge is -2.24. The van der Waals surface area contributed by atoms with Crippen molar-refractivity contribution in [2.24, 2.45) is 0 Å². The fourth-order valence-electron chi connectivity index (χ4n) is 2.90. The fraction of sp³-hybridized carbons (Fsp3) is 0.400. The molecule has 0 unspecified atom stereocenters. The van der Waals surface area contributed by atoms with Crippen LogP contribution < -0.4 is 0 Å². The Morgan fingerprint density at radius 1 is 1.17 bits per heavy atom. The Morgan fingerprint density at radius 2 is 1.89 bits per heavy atom. The number of hydrogen-bond donors (Lipinski definition) is 0. The van der Waals surface area contributed by atoms with Crippen molar-refractivity contribution in [3.8, 4) is 0 Å². The molecule has 1 saturated heterocycles. The molecule has 1 aliphatic heterocycles. The van der Waals surface area contributed by atoms with Crippen LogP contribution in [0.25, 0.3) is 0 Å². The maximum Gasteiger partial charge on any atom is 0.154 e. The molecule has 0 aliphatic carbocycles. The van der Waals surface area contributed by atoms with Gasteiger partial charge in [-0.25, -0.2) is 0 Å². The number of likely N-dealkylation sites (tertiary alicyclic amines) is 1. The van der Waals surface area contributed by atoms with Crippen molar-refractivity contribution < 1.29 is 4.52 Å². The quantitative estimate of drug-likeness (QED) is 0.807. The summed E-state index contributed by atoms with van der Waals surface area (Å²) in [6, 6.07) is 13.6. The molecule has 0 spiro atoms. The summed E-state index contributed by atoms with van der Waals surface area (Å²) >= 11 is 0. The van der Waals surface area contributed by atoms with Crippen molar-refractivity contribution >= 4 is 0 Å². The van der Waals surface area contributed by atoms with Gasteiger partial charge in [0.15, 0.2) is 5.76 Å². The van der Waals surface area contributed by atoms with Gasteiger partial charge in [0, 0.05) is 12.1 Å². The Hall–Kier alpha value is -1.61. The van der Waals surface area contributed by atoms with Crippen molar-refractivity contribution in [3.05, 3.63) is 53.4 Å². The third-order valence-electron chi connectivity index (χ3n) is 3.86. The van der Waals surface area contributed by atoms with E-state index in [9.17, 15) is 0 Å². The molecule has 1 aromatic heterocycles. The highest BCUT2D eigenvalue weighted by Gasteiger charge is 2.34. The number of nitrogens with zero attached hydrogens (tertiary/aromatic N) is 2. The molecule has 3 rings (SSSR count). The Kier molecular flexibility index (Phi) is 2.92. The van der Waals surface area contributed by atoms with Crippen molar-refractivity contribution in [2.45, 2.75) is 31.8 Å². The van der Waals surface area contributed by atoms with Crippen molar-refractivity contribution in [1.82, 2.24) is 10.1 Å². The van der Waals surface area contributed by atoms with Crippen LogP contribution in [0.5, 0.6) is 0 Å². The van der Waals surface area contributed by atoms with Crippen molar-refractivity contribution in [1.29, 1.82) is 0 Å². The lowest BCUT2D eigenvalue weighted by molar-refractivity contribution is 0.207. The van der Waals surface area contributed by atoms with Crippen molar-refractivity contribution in [2.75, 3.05) is 7.05 Å². The van der Waals surface area contributed by atoms with E-state index in [1.54, 1.807) is 0 Å². The molecule has 2 aromatic rings. The van der Waals surface area contributed by atoms with E-state index in [2.05, 4.69) is 53.5 Å². The molecule has 18 heavy (non-hydrogen) atoms. The highest BCUT2D eigenvalue weighted by atomic mass is 16.5. The molecule has 2 heterocycles. The molecule has 2 atom stereocenters. The summed E-state index contributed by atoms with van der Waals surface area (Å²) < 4.78 is 5.41. The molecule has 94 valence electrons. The third kappa shape index (κ3) is 1.95. The van der Waals surface area contributed by atoms with Gasteiger partial charge in [0.2, 0.25) is 0 Å². The minimum atomic E-state index is 0.358. The first kappa shape index (κ1) is 11.5. The number of benzene rings is 1. The molecule has 3 nitrogen and oxygen atoms in total. The number of aryl methyl sites for hydroxylation is 1. The van der Waals surface area contributed by atoms with Gasteiger partial charge >= 0.3 is 0 Å². The van der Waals surface area contributed by atoms with Gasteiger partial charge in [-0.1, -0.05) is 35.5 Å². The van der Waals surface area contributed by atoms with Gasteiger partial charge in [-0.05, 0) is 32.4 Å². The zero-order chi connectivity index (χ0) is 12.5. The van der Waals surface area contributed by atoms with Gasteiger partial charge in [-0.3, -0.25) is 4.90 Å². The summed E-state index contributed by atoms with van der Waals surface area (Å²) in [5.41, 5.74) is 2.35. The number of aromatic nitrogens is 1. The summed E-state index contributed by atoms with van der Waals surface area (Å²) in [5, 5.41) is 3.99. The molecule has 3 heteroatoms. The van der Waals surface area contributed by atoms with E-state index in [0.29, 0.717) is 12.1 Å². The number of hydrogen-bond acceptors (Lipinski definition) is 3. The van der Waals surface area contributed by atoms with Crippen molar-refractivity contribution in [3.63, 3.8) is 0 Å². The first-order valence-electron chi connectivity index (χ1n) is 6.46. The van der Waals surface area contributed by atoms with E-state index in [1.165, 1.54) is 12.0 Å². The minimum absolute atomic E-state index is 0.358. The van der Waals surface area contributed by atoms with E-state index >= 15 is 0 Å². The van der Waals surface area contributed by atoms with Crippen LogP contribution in [-0.2, 0) is 0 Å². The molecule has 0 N–H and O–H groups in total. The lowest BCUT2D eigenvalue weighted by atomic mass is 10.1. The van der Waals surface area contributed by atoms with E-state index < -0.39 is 0 Å². The van der Waals surface area contributed by atoms with Crippen LogP contribution in [0.15, 0.2) is 40.9 Å². The smallest absolute Gasteiger partial charge is 0.154 e. The molecule has 1 aliphatic rings. The summed E-state index contributed by atoms with van der Waals surface area (Å²) in [4.78, 5) is 2.40. The predicted molar refractivity (Wildman–Crippen MR) is 70.2 cm³/mol. The second-order valence-corrected chi connectivity index (χ2v) is 5.06. The van der Waals surface area contributed by atoms with Crippen LogP contribution in [0.2, 0.25) is 0 Å². The van der Waals surface area contributed by atoms with Crippen LogP contribution in [0.3, 0.4) is 0 Å². The average Bonchev–Trinajstić information content (AvgIpc) is 2.97. The predicted octanol–water partition coefficient (Wildman–Crippen LogP) is 3.49. The summed E-state index contributed by atoms with van der Waals surface area (Å²) in [6.07, 6.45) is 2.30. The SMILES string of the molecule is Cc1cc([C@@H]2CC[C@H](c3ccccc3)N2C)on1. The standard InChI is InChI=1S/C15H18N2O/c1-11-10-15(18-16-11)14-9-8-13(17(14)2)12-6-4-3-5-7-12/h3-7,10,13-14H,8-9H2,1-2H3/t13-,14+/m1/s1. The Bertz CT molecular complexity index is 520. The number of rotatable bonds is 2. The minimum Gasteiger partial charge on any atom is -0.359 e. The molecule has 1 aromatic carbocycles. The third-order valence-corrected chi connectivity index (χ3v) is 3.86. The zero-order valence-electron chi connectivity index (χ0n) is 10.8. The molecule has 0 amide bonds. The maximum atomic E-state index is 5.41. The normalized spacial score (nSPS) is 24.6. The summed E-state index contributed by atoms with van der Waals surface area (Å²) in [7, 11) is 2.17. The molecule has 0 saturated carbocycles. The van der Waals surface area contributed by atoms with Crippen LogP contribution in [0.1, 0.15) is 41.9 Å². The largest absolute Gasteiger partial charge is 0.359 e. The highest BCUT2D eigenvalue weighted by molar-refractivity contribution is 5.22. The Balaban J connectivity index is 1.83. The van der Waals surface area contributed by atoms with E-state index in [1.807, 2.05) is 6.92 Å². The van der Waals surface area contributed by atoms with E-state index in [-0.39, 0.29) is 0 Å². The fourth-order valence-corrected chi connectivity index (χ4v) is 2.90. The highest BCUT2D eigenvalue weighted by Crippen LogP contribution is 2.42. The molecule has 0 bridgehead atoms. The first-order chi connectivity index (χ1) is 8.75. The molecular formula is C15H18N2O. The van der Waals surface area contributed by atoms with Crippen LogP contribution in [-0.4, -0.2) is 17.1 Å². The second-order valence-electron chi connectivity index (χ2n) is 5.06. The maximum absolute atomic E-state index is 5.41. The van der Waals surface area contributed by atoms with Gasteiger partial charge in [0.25, 0.3) is 0 Å². The van der Waals surface area contributed by atoms with E-state index in [0.717, 1.165) is 17.9 Å². The van der Waals surface area contributed by atoms with Gasteiger partial charge in [-0.15, -0.1) is 0 Å². The first-order valence-corrected chi connectivity index (χ1v) is 6.46. The Morgan fingerprint density at radius 3 is 2.56 bits per heavy atom. The second kappa shape index (κ2) is 4.58. The Labute approximate surface area is 107 Å². The lowest BCUT2D eigenvalue weighted by Crippen LogP contribution is -2.21. The van der Waals surface area contributed by atoms with Crippen LogP contribution in [0.4, 0.5) is 0 Å². The average molecular weight is 242 g/mol. The monoisotopic (exact) mass is 242 g/mol. The molecule has 1 fully saturated rings. The zero-order valence-corrected chi connectivity index (χ0v) is 10.8. The van der Waals surface area contributed by atoms with Gasteiger partial charge in [0.05, 0.1) is 11.7 Å². The van der Waals surface area contributed by atoms with E-state index in [4.69, 9.17) is 4.52 Å².